The van der Waals surface area contributed by atoms with Gasteiger partial charge in [0, 0.05) is 6.54 Å². The zero-order chi connectivity index (χ0) is 8.53. The molecule has 3 nitrogen and oxygen atoms in total. The first kappa shape index (κ1) is 10.9. The van der Waals surface area contributed by atoms with E-state index in [-0.39, 0.29) is 6.61 Å². The minimum absolute atomic E-state index is 0.257. The molecule has 2 N–H and O–H groups in total. The fourth-order valence-electron chi connectivity index (χ4n) is 0.825. The van der Waals surface area contributed by atoms with Gasteiger partial charge in [-0.25, -0.2) is 0 Å². The van der Waals surface area contributed by atoms with Gasteiger partial charge in [-0.05, 0) is 40.0 Å². The van der Waals surface area contributed by atoms with Gasteiger partial charge < -0.3 is 15.3 Å². The molecule has 1 saturated heterocycles. The number of rotatable bonds is 2. The lowest BCUT2D eigenvalue weighted by Gasteiger charge is -2.03. The van der Waals surface area contributed by atoms with Gasteiger partial charge in [0.2, 0.25) is 0 Å². The van der Waals surface area contributed by atoms with Crippen molar-refractivity contribution in [3.8, 4) is 0 Å². The number of aliphatic hydroxyl groups is 1. The van der Waals surface area contributed by atoms with Gasteiger partial charge in [0.05, 0.1) is 6.61 Å². The third-order valence-electron chi connectivity index (χ3n) is 1.50. The smallest absolute Gasteiger partial charge is 0.0558 e. The molecular weight excluding hydrogens is 140 g/mol. The first-order valence-corrected chi connectivity index (χ1v) is 4.23. The van der Waals surface area contributed by atoms with E-state index in [1.807, 2.05) is 19.0 Å². The van der Waals surface area contributed by atoms with Crippen LogP contribution in [0.3, 0.4) is 0 Å². The number of nitrogens with one attached hydrogen (secondary N) is 1. The van der Waals surface area contributed by atoms with Crippen molar-refractivity contribution in [2.45, 2.75) is 12.8 Å². The molecule has 0 bridgehead atoms. The van der Waals surface area contributed by atoms with Crippen LogP contribution in [0.4, 0.5) is 0 Å². The Labute approximate surface area is 69.4 Å². The van der Waals surface area contributed by atoms with Gasteiger partial charge in [-0.3, -0.25) is 0 Å². The van der Waals surface area contributed by atoms with Gasteiger partial charge in [-0.1, -0.05) is 0 Å². The maximum absolute atomic E-state index is 8.20. The molecule has 3 heteroatoms. The largest absolute Gasteiger partial charge is 0.395 e. The van der Waals surface area contributed by atoms with E-state index in [0.29, 0.717) is 0 Å². The van der Waals surface area contributed by atoms with Crippen molar-refractivity contribution >= 4 is 0 Å². The summed E-state index contributed by atoms with van der Waals surface area (Å²) in [6.07, 6.45) is 2.78. The summed E-state index contributed by atoms with van der Waals surface area (Å²) < 4.78 is 0. The summed E-state index contributed by atoms with van der Waals surface area (Å²) in [7, 11) is 3.85. The van der Waals surface area contributed by atoms with Crippen molar-refractivity contribution < 1.29 is 5.11 Å². The van der Waals surface area contributed by atoms with Gasteiger partial charge in [0.1, 0.15) is 0 Å². The summed E-state index contributed by atoms with van der Waals surface area (Å²) in [5, 5.41) is 11.4. The highest BCUT2D eigenvalue weighted by Gasteiger charge is 1.93. The molecule has 1 aliphatic rings. The van der Waals surface area contributed by atoms with Crippen LogP contribution in [0, 0.1) is 0 Å². The van der Waals surface area contributed by atoms with Crippen molar-refractivity contribution in [3.05, 3.63) is 0 Å². The van der Waals surface area contributed by atoms with Crippen LogP contribution >= 0.6 is 0 Å². The second kappa shape index (κ2) is 7.98. The van der Waals surface area contributed by atoms with Crippen molar-refractivity contribution in [1.82, 2.24) is 10.2 Å². The Morgan fingerprint density at radius 1 is 1.27 bits per heavy atom. The van der Waals surface area contributed by atoms with Gasteiger partial charge >= 0.3 is 0 Å². The van der Waals surface area contributed by atoms with Crippen LogP contribution in [0.1, 0.15) is 12.8 Å². The number of likely N-dealkylation sites (N-methyl/N-ethyl adjacent to an activating group) is 1. The lowest BCUT2D eigenvalue weighted by Crippen LogP contribution is -2.15. The van der Waals surface area contributed by atoms with Crippen LogP contribution in [0.25, 0.3) is 0 Å². The molecule has 0 radical (unpaired) electrons. The molecule has 0 atom stereocenters. The predicted molar refractivity (Wildman–Crippen MR) is 47.7 cm³/mol. The third kappa shape index (κ3) is 9.88. The Morgan fingerprint density at radius 3 is 1.91 bits per heavy atom. The molecule has 1 fully saturated rings. The molecule has 0 aromatic carbocycles. The molecule has 11 heavy (non-hydrogen) atoms. The second-order valence-electron chi connectivity index (χ2n) is 2.98. The highest BCUT2D eigenvalue weighted by Crippen LogP contribution is 1.90. The molecule has 0 spiro atoms. The Hall–Kier alpha value is -0.120. The van der Waals surface area contributed by atoms with Crippen molar-refractivity contribution in [2.75, 3.05) is 40.3 Å². The molecule has 0 aliphatic carbocycles. The fourth-order valence-corrected chi connectivity index (χ4v) is 0.825. The standard InChI is InChI=1S/C4H11NO.C4H9N/c1-5(2)3-4-6;1-2-4-5-3-1/h6H,3-4H2,1-2H3;5H,1-4H2. The van der Waals surface area contributed by atoms with E-state index >= 15 is 0 Å². The molecule has 0 amide bonds. The molecular formula is C8H20N2O. The minimum Gasteiger partial charge on any atom is -0.395 e. The van der Waals surface area contributed by atoms with Crippen LogP contribution in [0.5, 0.6) is 0 Å². The normalized spacial score (nSPS) is 16.4. The Kier molecular flexibility index (Phi) is 7.89. The maximum Gasteiger partial charge on any atom is 0.0558 e. The number of hydrogen-bond acceptors (Lipinski definition) is 3. The number of hydrogen-bond donors (Lipinski definition) is 2. The zero-order valence-corrected chi connectivity index (χ0v) is 7.64. The van der Waals surface area contributed by atoms with E-state index in [1.165, 1.54) is 25.9 Å². The van der Waals surface area contributed by atoms with E-state index in [2.05, 4.69) is 5.32 Å². The van der Waals surface area contributed by atoms with E-state index in [4.69, 9.17) is 5.11 Å². The van der Waals surface area contributed by atoms with Crippen LogP contribution in [0.15, 0.2) is 0 Å². The van der Waals surface area contributed by atoms with Crippen LogP contribution in [-0.4, -0.2) is 50.3 Å². The van der Waals surface area contributed by atoms with Crippen LogP contribution in [-0.2, 0) is 0 Å². The minimum atomic E-state index is 0.257. The molecule has 0 saturated carbocycles. The Balaban J connectivity index is 0.000000183. The number of nitrogens with zero attached hydrogens (tertiary/aromatic N) is 1. The predicted octanol–water partition coefficient (Wildman–Crippen LogP) is -0.0899. The topological polar surface area (TPSA) is 35.5 Å². The van der Waals surface area contributed by atoms with Gasteiger partial charge in [0.15, 0.2) is 0 Å². The highest BCUT2D eigenvalue weighted by molar-refractivity contribution is 4.55. The quantitative estimate of drug-likeness (QED) is 0.592. The fraction of sp³-hybridized carbons (Fsp3) is 1.00. The van der Waals surface area contributed by atoms with Crippen molar-refractivity contribution in [3.63, 3.8) is 0 Å². The SMILES string of the molecule is C1CCNC1.CN(C)CCO. The lowest BCUT2D eigenvalue weighted by molar-refractivity contribution is 0.243. The van der Waals surface area contributed by atoms with Gasteiger partial charge in [0.25, 0.3) is 0 Å². The third-order valence-corrected chi connectivity index (χ3v) is 1.50. The molecule has 1 aliphatic heterocycles. The van der Waals surface area contributed by atoms with Gasteiger partial charge in [-0.15, -0.1) is 0 Å². The summed E-state index contributed by atoms with van der Waals surface area (Å²) >= 11 is 0. The molecule has 1 rings (SSSR count). The molecule has 0 unspecified atom stereocenters. The number of aliphatic hydroxyl groups excluding tert-OH is 1. The summed E-state index contributed by atoms with van der Waals surface area (Å²) in [5.41, 5.74) is 0. The lowest BCUT2D eigenvalue weighted by atomic mass is 10.4. The summed E-state index contributed by atoms with van der Waals surface area (Å²) in [5.74, 6) is 0. The maximum atomic E-state index is 8.20. The van der Waals surface area contributed by atoms with E-state index < -0.39 is 0 Å². The monoisotopic (exact) mass is 160 g/mol. The van der Waals surface area contributed by atoms with Crippen molar-refractivity contribution in [2.24, 2.45) is 0 Å². The second-order valence-corrected chi connectivity index (χ2v) is 2.98. The first-order chi connectivity index (χ1) is 5.27. The van der Waals surface area contributed by atoms with Crippen molar-refractivity contribution in [1.29, 1.82) is 0 Å². The highest BCUT2D eigenvalue weighted by atomic mass is 16.3. The average Bonchev–Trinajstić information content (AvgIpc) is 2.41. The van der Waals surface area contributed by atoms with Gasteiger partial charge in [-0.2, -0.15) is 0 Å². The zero-order valence-electron chi connectivity index (χ0n) is 7.64. The Morgan fingerprint density at radius 2 is 1.82 bits per heavy atom. The molecule has 68 valence electrons. The summed E-state index contributed by atoms with van der Waals surface area (Å²) in [4.78, 5) is 1.93. The molecule has 0 aromatic rings. The summed E-state index contributed by atoms with van der Waals surface area (Å²) in [6.45, 7) is 3.52. The molecule has 1 heterocycles. The average molecular weight is 160 g/mol. The Bertz CT molecular complexity index is 64.9. The molecule has 0 aromatic heterocycles. The van der Waals surface area contributed by atoms with E-state index in [9.17, 15) is 0 Å². The van der Waals surface area contributed by atoms with Crippen LogP contribution in [0.2, 0.25) is 0 Å². The van der Waals surface area contributed by atoms with Crippen LogP contribution < -0.4 is 5.32 Å². The van der Waals surface area contributed by atoms with E-state index in [0.717, 1.165) is 6.54 Å². The van der Waals surface area contributed by atoms with E-state index in [1.54, 1.807) is 0 Å². The first-order valence-electron chi connectivity index (χ1n) is 4.23. The summed E-state index contributed by atoms with van der Waals surface area (Å²) in [6, 6.07) is 0.